The summed E-state index contributed by atoms with van der Waals surface area (Å²) in [5.74, 6) is 4.35. The largest absolute Gasteiger partial charge is 0.0654 e. The molecule has 0 saturated heterocycles. The summed E-state index contributed by atoms with van der Waals surface area (Å²) in [7, 11) is 0. The lowest BCUT2D eigenvalue weighted by molar-refractivity contribution is 0.240. The molecule has 0 unspecified atom stereocenters. The summed E-state index contributed by atoms with van der Waals surface area (Å²) in [6.07, 6.45) is 30.3. The highest BCUT2D eigenvalue weighted by molar-refractivity contribution is 4.74. The Kier molecular flexibility index (Phi) is 12.1. The second-order valence-electron chi connectivity index (χ2n) is 10.0. The molecule has 0 aromatic carbocycles. The molecule has 0 heteroatoms. The van der Waals surface area contributed by atoms with Crippen LogP contribution in [0.1, 0.15) is 142 Å². The Morgan fingerprint density at radius 3 is 0.923 bits per heavy atom. The lowest BCUT2D eigenvalue weighted by atomic mass is 9.77. The molecule has 0 bridgehead atoms. The Hall–Kier alpha value is 0. The Balaban J connectivity index is 1.39. The van der Waals surface area contributed by atoms with E-state index >= 15 is 0 Å². The third-order valence-corrected chi connectivity index (χ3v) is 7.84. The van der Waals surface area contributed by atoms with Crippen LogP contribution in [-0.4, -0.2) is 0 Å². The van der Waals surface area contributed by atoms with Crippen LogP contribution in [0.5, 0.6) is 0 Å². The second-order valence-corrected chi connectivity index (χ2v) is 10.0. The van der Waals surface area contributed by atoms with Crippen molar-refractivity contribution in [2.75, 3.05) is 0 Å². The summed E-state index contributed by atoms with van der Waals surface area (Å²) in [4.78, 5) is 0. The van der Waals surface area contributed by atoms with Crippen molar-refractivity contribution in [3.8, 4) is 0 Å². The van der Waals surface area contributed by atoms with Gasteiger partial charge in [0.1, 0.15) is 0 Å². The molecule has 2 aliphatic rings. The monoisotopic (exact) mass is 362 g/mol. The van der Waals surface area contributed by atoms with Crippen molar-refractivity contribution in [1.29, 1.82) is 0 Å². The fourth-order valence-corrected chi connectivity index (χ4v) is 5.82. The molecule has 0 aromatic rings. The van der Waals surface area contributed by atoms with E-state index in [1.165, 1.54) is 64.2 Å². The van der Waals surface area contributed by atoms with Gasteiger partial charge in [0.25, 0.3) is 0 Å². The zero-order valence-electron chi connectivity index (χ0n) is 18.5. The van der Waals surface area contributed by atoms with Gasteiger partial charge in [-0.25, -0.2) is 0 Å². The van der Waals surface area contributed by atoms with Crippen molar-refractivity contribution in [2.24, 2.45) is 23.7 Å². The van der Waals surface area contributed by atoms with E-state index in [0.717, 1.165) is 23.7 Å². The van der Waals surface area contributed by atoms with E-state index in [0.29, 0.717) is 0 Å². The van der Waals surface area contributed by atoms with E-state index in [9.17, 15) is 0 Å². The summed E-state index contributed by atoms with van der Waals surface area (Å²) in [6.45, 7) is 4.68. The third kappa shape index (κ3) is 9.27. The minimum Gasteiger partial charge on any atom is -0.0654 e. The van der Waals surface area contributed by atoms with Crippen molar-refractivity contribution in [3.63, 3.8) is 0 Å². The highest BCUT2D eigenvalue weighted by Crippen LogP contribution is 2.36. The van der Waals surface area contributed by atoms with Crippen LogP contribution in [0.4, 0.5) is 0 Å². The normalized spacial score (nSPS) is 29.8. The summed E-state index contributed by atoms with van der Waals surface area (Å²) < 4.78 is 0. The summed E-state index contributed by atoms with van der Waals surface area (Å²) in [6, 6.07) is 0. The Labute approximate surface area is 166 Å². The van der Waals surface area contributed by atoms with E-state index in [1.54, 1.807) is 64.2 Å². The van der Waals surface area contributed by atoms with Gasteiger partial charge in [-0.2, -0.15) is 0 Å². The molecule has 0 N–H and O–H groups in total. The predicted molar refractivity (Wildman–Crippen MR) is 118 cm³/mol. The smallest absolute Gasteiger partial charge is 0.0414 e. The topological polar surface area (TPSA) is 0 Å². The molecule has 2 rings (SSSR count). The number of hydrogen-bond acceptors (Lipinski definition) is 0. The summed E-state index contributed by atoms with van der Waals surface area (Å²) in [5, 5.41) is 0. The molecular weight excluding hydrogens is 312 g/mol. The Morgan fingerprint density at radius 1 is 0.385 bits per heavy atom. The van der Waals surface area contributed by atoms with Gasteiger partial charge < -0.3 is 0 Å². The van der Waals surface area contributed by atoms with Gasteiger partial charge in [0.2, 0.25) is 0 Å². The van der Waals surface area contributed by atoms with Gasteiger partial charge in [0.15, 0.2) is 0 Å². The Morgan fingerprint density at radius 2 is 0.654 bits per heavy atom. The fourth-order valence-electron chi connectivity index (χ4n) is 5.82. The highest BCUT2D eigenvalue weighted by atomic mass is 14.3. The summed E-state index contributed by atoms with van der Waals surface area (Å²) >= 11 is 0. The van der Waals surface area contributed by atoms with Crippen LogP contribution in [0.25, 0.3) is 0 Å². The van der Waals surface area contributed by atoms with Crippen molar-refractivity contribution < 1.29 is 0 Å². The van der Waals surface area contributed by atoms with Crippen molar-refractivity contribution >= 4 is 0 Å². The maximum absolute atomic E-state index is 2.34. The van der Waals surface area contributed by atoms with Crippen LogP contribution in [0.3, 0.4) is 0 Å². The lowest BCUT2D eigenvalue weighted by Crippen LogP contribution is -2.15. The van der Waals surface area contributed by atoms with Gasteiger partial charge in [-0.05, 0) is 23.7 Å². The molecule has 0 heterocycles. The maximum Gasteiger partial charge on any atom is -0.0414 e. The van der Waals surface area contributed by atoms with Gasteiger partial charge in [-0.1, -0.05) is 142 Å². The maximum atomic E-state index is 2.34. The minimum absolute atomic E-state index is 1.09. The fraction of sp³-hybridized carbons (Fsp3) is 1.00. The zero-order chi connectivity index (χ0) is 18.5. The molecule has 2 fully saturated rings. The van der Waals surface area contributed by atoms with Gasteiger partial charge in [0.05, 0.1) is 0 Å². The summed E-state index contributed by atoms with van der Waals surface area (Å²) in [5.41, 5.74) is 0. The van der Waals surface area contributed by atoms with E-state index in [2.05, 4.69) is 13.8 Å². The average molecular weight is 363 g/mol. The first-order valence-corrected chi connectivity index (χ1v) is 12.8. The van der Waals surface area contributed by atoms with Gasteiger partial charge in [-0.3, -0.25) is 0 Å². The van der Waals surface area contributed by atoms with Crippen molar-refractivity contribution in [2.45, 2.75) is 142 Å². The number of rotatable bonds is 13. The molecule has 0 nitrogen and oxygen atoms in total. The van der Waals surface area contributed by atoms with E-state index in [-0.39, 0.29) is 0 Å². The lowest BCUT2D eigenvalue weighted by Gasteiger charge is -2.29. The SMILES string of the molecule is CCCC[C@H]1CC[C@H](CCCCCC[C@H]2CC[C@H](CCCC)CC2)CC1. The molecule has 0 radical (unpaired) electrons. The molecule has 0 atom stereocenters. The molecule has 0 amide bonds. The van der Waals surface area contributed by atoms with E-state index in [4.69, 9.17) is 0 Å². The number of unbranched alkanes of at least 4 members (excludes halogenated alkanes) is 5. The third-order valence-electron chi connectivity index (χ3n) is 7.84. The average Bonchev–Trinajstić information content (AvgIpc) is 2.69. The number of hydrogen-bond donors (Lipinski definition) is 0. The van der Waals surface area contributed by atoms with E-state index in [1.807, 2.05) is 0 Å². The van der Waals surface area contributed by atoms with Crippen molar-refractivity contribution in [1.82, 2.24) is 0 Å². The van der Waals surface area contributed by atoms with Gasteiger partial charge >= 0.3 is 0 Å². The molecule has 0 aliphatic heterocycles. The molecule has 26 heavy (non-hydrogen) atoms. The molecule has 2 saturated carbocycles. The van der Waals surface area contributed by atoms with Gasteiger partial charge in [-0.15, -0.1) is 0 Å². The van der Waals surface area contributed by atoms with Crippen LogP contribution in [-0.2, 0) is 0 Å². The molecule has 0 aromatic heterocycles. The Bertz CT molecular complexity index is 272. The van der Waals surface area contributed by atoms with Crippen molar-refractivity contribution in [3.05, 3.63) is 0 Å². The van der Waals surface area contributed by atoms with Gasteiger partial charge in [0, 0.05) is 0 Å². The quantitative estimate of drug-likeness (QED) is 0.286. The van der Waals surface area contributed by atoms with E-state index < -0.39 is 0 Å². The first-order chi connectivity index (χ1) is 12.8. The van der Waals surface area contributed by atoms with Crippen LogP contribution < -0.4 is 0 Å². The highest BCUT2D eigenvalue weighted by Gasteiger charge is 2.21. The minimum atomic E-state index is 1.09. The molecule has 0 spiro atoms. The molecule has 154 valence electrons. The van der Waals surface area contributed by atoms with Crippen LogP contribution in [0.15, 0.2) is 0 Å². The standard InChI is InChI=1S/C26H50/c1-3-5-11-23-15-19-25(20-16-23)13-9-7-8-10-14-26-21-17-24(18-22-26)12-6-4-2/h23-26H,3-22H2,1-2H3/t23-,24-,25-,26-. The second kappa shape index (κ2) is 14.1. The predicted octanol–water partition coefficient (Wildman–Crippen LogP) is 9.32. The first-order valence-electron chi connectivity index (χ1n) is 12.8. The van der Waals surface area contributed by atoms with Crippen LogP contribution in [0.2, 0.25) is 0 Å². The molecular formula is C26H50. The van der Waals surface area contributed by atoms with Crippen LogP contribution >= 0.6 is 0 Å². The first kappa shape index (κ1) is 22.3. The molecule has 2 aliphatic carbocycles. The zero-order valence-corrected chi connectivity index (χ0v) is 18.5. The van der Waals surface area contributed by atoms with Crippen LogP contribution in [0, 0.1) is 23.7 Å².